The molecule has 3 nitrogen and oxygen atoms in total. The monoisotopic (exact) mass is 149 g/mol. The number of ether oxygens (including phenoxy) is 1. The van der Waals surface area contributed by atoms with Crippen molar-refractivity contribution in [2.75, 3.05) is 7.11 Å². The van der Waals surface area contributed by atoms with Gasteiger partial charge >= 0.3 is 5.69 Å². The smallest absolute Gasteiger partial charge is 0.426 e. The van der Waals surface area contributed by atoms with E-state index in [2.05, 4.69) is 4.98 Å². The fraction of sp³-hybridized carbons (Fsp3) is 0.250. The molecule has 0 aromatic heterocycles. The van der Waals surface area contributed by atoms with Gasteiger partial charge in [0, 0.05) is 6.07 Å². The van der Waals surface area contributed by atoms with Crippen molar-refractivity contribution in [3.63, 3.8) is 0 Å². The van der Waals surface area contributed by atoms with Crippen LogP contribution in [0.15, 0.2) is 18.2 Å². The SMILES string of the molecule is COc1ccc(C)cc1[N+]#N. The molecule has 11 heavy (non-hydrogen) atoms. The third-order valence-corrected chi connectivity index (χ3v) is 1.44. The predicted octanol–water partition coefficient (Wildman–Crippen LogP) is 2.49. The van der Waals surface area contributed by atoms with E-state index in [0.29, 0.717) is 11.4 Å². The summed E-state index contributed by atoms with van der Waals surface area (Å²) in [5.74, 6) is 0.582. The van der Waals surface area contributed by atoms with Gasteiger partial charge in [-0.1, -0.05) is 6.07 Å². The lowest BCUT2D eigenvalue weighted by molar-refractivity contribution is 0.417. The van der Waals surface area contributed by atoms with Crippen LogP contribution in [0.5, 0.6) is 5.75 Å². The van der Waals surface area contributed by atoms with Crippen LogP contribution in [-0.4, -0.2) is 7.11 Å². The highest BCUT2D eigenvalue weighted by Gasteiger charge is 2.12. The van der Waals surface area contributed by atoms with Gasteiger partial charge in [-0.2, -0.15) is 0 Å². The van der Waals surface area contributed by atoms with Crippen molar-refractivity contribution in [1.82, 2.24) is 0 Å². The number of hydrogen-bond acceptors (Lipinski definition) is 2. The van der Waals surface area contributed by atoms with Crippen LogP contribution in [-0.2, 0) is 0 Å². The minimum Gasteiger partial charge on any atom is -0.489 e. The lowest BCUT2D eigenvalue weighted by atomic mass is 10.2. The second-order valence-electron chi connectivity index (χ2n) is 2.28. The van der Waals surface area contributed by atoms with E-state index in [9.17, 15) is 0 Å². The molecule has 0 N–H and O–H groups in total. The van der Waals surface area contributed by atoms with Crippen molar-refractivity contribution in [3.8, 4) is 5.75 Å². The van der Waals surface area contributed by atoms with Crippen molar-refractivity contribution in [2.24, 2.45) is 0 Å². The molecule has 0 aliphatic heterocycles. The van der Waals surface area contributed by atoms with Crippen LogP contribution in [0, 0.1) is 12.3 Å². The quantitative estimate of drug-likeness (QED) is 0.575. The maximum Gasteiger partial charge on any atom is 0.426 e. The molecule has 0 radical (unpaired) electrons. The van der Waals surface area contributed by atoms with Gasteiger partial charge in [0.05, 0.1) is 7.11 Å². The van der Waals surface area contributed by atoms with Gasteiger partial charge in [0.15, 0.2) is 4.98 Å². The average molecular weight is 149 g/mol. The van der Waals surface area contributed by atoms with Crippen LogP contribution >= 0.6 is 0 Å². The summed E-state index contributed by atoms with van der Waals surface area (Å²) >= 11 is 0. The predicted molar refractivity (Wildman–Crippen MR) is 42.5 cm³/mol. The van der Waals surface area contributed by atoms with E-state index in [1.165, 1.54) is 0 Å². The Morgan fingerprint density at radius 1 is 1.45 bits per heavy atom. The van der Waals surface area contributed by atoms with Crippen LogP contribution in [0.3, 0.4) is 0 Å². The molecule has 0 aliphatic carbocycles. The Morgan fingerprint density at radius 2 is 2.18 bits per heavy atom. The average Bonchev–Trinajstić information content (AvgIpc) is 2.04. The lowest BCUT2D eigenvalue weighted by Gasteiger charge is -1.94. The molecular weight excluding hydrogens is 140 g/mol. The van der Waals surface area contributed by atoms with Crippen molar-refractivity contribution >= 4 is 5.69 Å². The normalized spacial score (nSPS) is 8.82. The highest BCUT2D eigenvalue weighted by atomic mass is 16.5. The van der Waals surface area contributed by atoms with Crippen molar-refractivity contribution in [3.05, 3.63) is 28.7 Å². The molecule has 0 atom stereocenters. The molecule has 0 unspecified atom stereocenters. The molecule has 56 valence electrons. The van der Waals surface area contributed by atoms with E-state index in [0.717, 1.165) is 5.56 Å². The summed E-state index contributed by atoms with van der Waals surface area (Å²) in [7, 11) is 1.54. The summed E-state index contributed by atoms with van der Waals surface area (Å²) in [6.45, 7) is 1.92. The van der Waals surface area contributed by atoms with Gasteiger partial charge < -0.3 is 4.74 Å². The van der Waals surface area contributed by atoms with E-state index in [1.54, 1.807) is 19.2 Å². The summed E-state index contributed by atoms with van der Waals surface area (Å²) in [4.78, 5) is 3.08. The molecule has 0 aliphatic rings. The fourth-order valence-electron chi connectivity index (χ4n) is 0.878. The Kier molecular flexibility index (Phi) is 2.07. The Labute approximate surface area is 65.2 Å². The number of methoxy groups -OCH3 is 1. The number of benzene rings is 1. The molecular formula is C8H9N2O+. The minimum atomic E-state index is 0.465. The van der Waals surface area contributed by atoms with Gasteiger partial charge in [-0.3, -0.25) is 0 Å². The highest BCUT2D eigenvalue weighted by Crippen LogP contribution is 2.27. The standard InChI is InChI=1S/C8H9N2O/c1-6-3-4-8(11-2)7(5-6)10-9/h3-5H,1-2H3/q+1. The van der Waals surface area contributed by atoms with Crippen molar-refractivity contribution in [2.45, 2.75) is 6.92 Å². The highest BCUT2D eigenvalue weighted by molar-refractivity contribution is 5.58. The zero-order valence-corrected chi connectivity index (χ0v) is 6.53. The van der Waals surface area contributed by atoms with Gasteiger partial charge in [-0.15, -0.1) is 0 Å². The Bertz CT molecular complexity index is 301. The molecule has 1 aromatic carbocycles. The fourth-order valence-corrected chi connectivity index (χ4v) is 0.878. The minimum absolute atomic E-state index is 0.465. The van der Waals surface area contributed by atoms with Gasteiger partial charge in [-0.25, -0.2) is 0 Å². The topological polar surface area (TPSA) is 37.4 Å². The Morgan fingerprint density at radius 3 is 2.73 bits per heavy atom. The Hall–Kier alpha value is -1.56. The summed E-state index contributed by atoms with van der Waals surface area (Å²) in [6.07, 6.45) is 0. The van der Waals surface area contributed by atoms with Crippen molar-refractivity contribution < 1.29 is 4.74 Å². The first kappa shape index (κ1) is 7.55. The number of nitrogens with zero attached hydrogens (tertiary/aromatic N) is 2. The summed E-state index contributed by atoms with van der Waals surface area (Å²) in [5.41, 5.74) is 1.51. The molecule has 0 bridgehead atoms. The third kappa shape index (κ3) is 1.47. The zero-order chi connectivity index (χ0) is 8.27. The molecule has 1 rings (SSSR count). The van der Waals surface area contributed by atoms with Gasteiger partial charge in [0.25, 0.3) is 0 Å². The Balaban J connectivity index is 3.19. The van der Waals surface area contributed by atoms with Crippen LogP contribution in [0.2, 0.25) is 0 Å². The second kappa shape index (κ2) is 3.02. The van der Waals surface area contributed by atoms with Gasteiger partial charge in [0.1, 0.15) is 0 Å². The molecule has 0 saturated heterocycles. The number of hydrogen-bond donors (Lipinski definition) is 0. The van der Waals surface area contributed by atoms with Gasteiger partial charge in [0.2, 0.25) is 11.1 Å². The first-order chi connectivity index (χ1) is 5.27. The largest absolute Gasteiger partial charge is 0.489 e. The molecule has 3 heteroatoms. The van der Waals surface area contributed by atoms with Crippen LogP contribution in [0.25, 0.3) is 4.98 Å². The van der Waals surface area contributed by atoms with Crippen LogP contribution < -0.4 is 4.74 Å². The maximum absolute atomic E-state index is 8.52. The summed E-state index contributed by atoms with van der Waals surface area (Å²) < 4.78 is 4.94. The zero-order valence-electron chi connectivity index (χ0n) is 6.53. The number of aryl methyl sites for hydroxylation is 1. The first-order valence-corrected chi connectivity index (χ1v) is 3.27. The van der Waals surface area contributed by atoms with E-state index in [1.807, 2.05) is 13.0 Å². The second-order valence-corrected chi connectivity index (χ2v) is 2.28. The van der Waals surface area contributed by atoms with Gasteiger partial charge in [-0.05, 0) is 18.6 Å². The van der Waals surface area contributed by atoms with Crippen LogP contribution in [0.1, 0.15) is 5.56 Å². The van der Waals surface area contributed by atoms with E-state index in [-0.39, 0.29) is 0 Å². The summed E-state index contributed by atoms with van der Waals surface area (Å²) in [5, 5.41) is 8.52. The molecule has 0 heterocycles. The van der Waals surface area contributed by atoms with E-state index < -0.39 is 0 Å². The maximum atomic E-state index is 8.52. The van der Waals surface area contributed by atoms with E-state index >= 15 is 0 Å². The summed E-state index contributed by atoms with van der Waals surface area (Å²) in [6, 6.07) is 5.41. The molecule has 0 saturated carbocycles. The number of diazo groups is 1. The molecule has 1 aromatic rings. The number of rotatable bonds is 1. The van der Waals surface area contributed by atoms with Crippen molar-refractivity contribution in [1.29, 1.82) is 5.39 Å². The lowest BCUT2D eigenvalue weighted by Crippen LogP contribution is -1.82. The third-order valence-electron chi connectivity index (χ3n) is 1.44. The first-order valence-electron chi connectivity index (χ1n) is 3.27. The molecule has 0 fully saturated rings. The van der Waals surface area contributed by atoms with Crippen LogP contribution in [0.4, 0.5) is 5.69 Å². The molecule has 0 amide bonds. The molecule has 0 spiro atoms. The van der Waals surface area contributed by atoms with E-state index in [4.69, 9.17) is 10.1 Å².